The van der Waals surface area contributed by atoms with Crippen LogP contribution >= 0.6 is 11.6 Å². The van der Waals surface area contributed by atoms with E-state index in [1.807, 2.05) is 26.0 Å². The molecule has 1 aromatic carbocycles. The number of halogens is 1. The Bertz CT molecular complexity index is 806. The summed E-state index contributed by atoms with van der Waals surface area (Å²) in [6.45, 7) is 6.69. The van der Waals surface area contributed by atoms with E-state index >= 15 is 0 Å². The number of carbonyl (C=O) groups excluding carboxylic acids is 1. The van der Waals surface area contributed by atoms with Crippen LogP contribution in [0.25, 0.3) is 0 Å². The van der Waals surface area contributed by atoms with E-state index in [0.29, 0.717) is 35.5 Å². The first-order valence-corrected chi connectivity index (χ1v) is 8.79. The number of piperazine rings is 1. The van der Waals surface area contributed by atoms with Crippen molar-refractivity contribution in [1.29, 1.82) is 0 Å². The van der Waals surface area contributed by atoms with Gasteiger partial charge in [0, 0.05) is 43.3 Å². The van der Waals surface area contributed by atoms with Crippen molar-refractivity contribution in [1.82, 2.24) is 14.9 Å². The standard InChI is InChI=1S/C18H22ClN5O2/c1-12-8-15(16(26-3)9-14(12)19)22-17-10-18(21-13(2)20-17)24-6-4-23(11-25)5-7-24/h8-11H,4-7H2,1-3H3,(H,20,21,22). The molecule has 26 heavy (non-hydrogen) atoms. The van der Waals surface area contributed by atoms with Crippen LogP contribution in [0.4, 0.5) is 17.3 Å². The van der Waals surface area contributed by atoms with Crippen LogP contribution in [-0.4, -0.2) is 54.6 Å². The van der Waals surface area contributed by atoms with E-state index in [-0.39, 0.29) is 0 Å². The molecular formula is C18H22ClN5O2. The van der Waals surface area contributed by atoms with Gasteiger partial charge in [0.1, 0.15) is 23.2 Å². The topological polar surface area (TPSA) is 70.6 Å². The molecule has 3 rings (SSSR count). The number of methoxy groups -OCH3 is 1. The molecule has 1 aliphatic rings. The molecule has 7 nitrogen and oxygen atoms in total. The highest BCUT2D eigenvalue weighted by molar-refractivity contribution is 6.31. The van der Waals surface area contributed by atoms with Gasteiger partial charge in [0.25, 0.3) is 0 Å². The maximum absolute atomic E-state index is 10.9. The summed E-state index contributed by atoms with van der Waals surface area (Å²) in [6, 6.07) is 5.63. The normalized spacial score (nSPS) is 14.3. The van der Waals surface area contributed by atoms with Crippen molar-refractivity contribution in [3.05, 3.63) is 34.6 Å². The first-order valence-electron chi connectivity index (χ1n) is 8.41. The van der Waals surface area contributed by atoms with Gasteiger partial charge in [0.15, 0.2) is 0 Å². The number of anilines is 3. The summed E-state index contributed by atoms with van der Waals surface area (Å²) in [7, 11) is 1.61. The van der Waals surface area contributed by atoms with Crippen LogP contribution in [0, 0.1) is 13.8 Å². The van der Waals surface area contributed by atoms with Gasteiger partial charge in [-0.25, -0.2) is 9.97 Å². The highest BCUT2D eigenvalue weighted by Gasteiger charge is 2.18. The Morgan fingerprint density at radius 1 is 1.15 bits per heavy atom. The van der Waals surface area contributed by atoms with Gasteiger partial charge >= 0.3 is 0 Å². The number of rotatable bonds is 5. The molecular weight excluding hydrogens is 354 g/mol. The third kappa shape index (κ3) is 3.99. The average molecular weight is 376 g/mol. The van der Waals surface area contributed by atoms with E-state index in [9.17, 15) is 4.79 Å². The van der Waals surface area contributed by atoms with Gasteiger partial charge in [-0.2, -0.15) is 0 Å². The highest BCUT2D eigenvalue weighted by atomic mass is 35.5. The maximum Gasteiger partial charge on any atom is 0.209 e. The van der Waals surface area contributed by atoms with E-state index in [1.165, 1.54) is 0 Å². The summed E-state index contributed by atoms with van der Waals surface area (Å²) >= 11 is 6.17. The predicted molar refractivity (Wildman–Crippen MR) is 103 cm³/mol. The molecule has 1 N–H and O–H groups in total. The maximum atomic E-state index is 10.9. The van der Waals surface area contributed by atoms with Crippen molar-refractivity contribution in [2.75, 3.05) is 43.5 Å². The minimum atomic E-state index is 0.651. The summed E-state index contributed by atoms with van der Waals surface area (Å²) < 4.78 is 5.41. The fourth-order valence-corrected chi connectivity index (χ4v) is 3.06. The Labute approximate surface area is 157 Å². The Morgan fingerprint density at radius 3 is 2.54 bits per heavy atom. The van der Waals surface area contributed by atoms with Gasteiger partial charge in [-0.3, -0.25) is 4.79 Å². The molecule has 1 aromatic heterocycles. The van der Waals surface area contributed by atoms with Crippen molar-refractivity contribution >= 4 is 35.3 Å². The first kappa shape index (κ1) is 18.3. The largest absolute Gasteiger partial charge is 0.495 e. The summed E-state index contributed by atoms with van der Waals surface area (Å²) in [6.07, 6.45) is 0.894. The summed E-state index contributed by atoms with van der Waals surface area (Å²) in [4.78, 5) is 23.8. The Hall–Kier alpha value is -2.54. The number of benzene rings is 1. The van der Waals surface area contributed by atoms with Gasteiger partial charge < -0.3 is 19.9 Å². The van der Waals surface area contributed by atoms with Crippen LogP contribution in [0.15, 0.2) is 18.2 Å². The second-order valence-electron chi connectivity index (χ2n) is 6.21. The predicted octanol–water partition coefficient (Wildman–Crippen LogP) is 2.78. The molecule has 0 atom stereocenters. The molecule has 0 bridgehead atoms. The van der Waals surface area contributed by atoms with Crippen LogP contribution in [0.3, 0.4) is 0 Å². The van der Waals surface area contributed by atoms with Crippen LogP contribution in [0.5, 0.6) is 5.75 Å². The Balaban J connectivity index is 1.85. The van der Waals surface area contributed by atoms with Crippen LogP contribution in [-0.2, 0) is 4.79 Å². The number of carbonyl (C=O) groups is 1. The third-order valence-electron chi connectivity index (χ3n) is 4.36. The zero-order valence-electron chi connectivity index (χ0n) is 15.1. The zero-order valence-corrected chi connectivity index (χ0v) is 15.9. The van der Waals surface area contributed by atoms with Crippen LogP contribution in [0.2, 0.25) is 5.02 Å². The molecule has 2 aromatic rings. The van der Waals surface area contributed by atoms with E-state index in [4.69, 9.17) is 16.3 Å². The number of ether oxygens (including phenoxy) is 1. The fourth-order valence-electron chi connectivity index (χ4n) is 2.90. The van der Waals surface area contributed by atoms with Gasteiger partial charge in [-0.05, 0) is 25.5 Å². The Kier molecular flexibility index (Phi) is 5.46. The molecule has 1 amide bonds. The molecule has 0 radical (unpaired) electrons. The fraction of sp³-hybridized carbons (Fsp3) is 0.389. The summed E-state index contributed by atoms with van der Waals surface area (Å²) in [5.41, 5.74) is 1.75. The molecule has 0 aliphatic carbocycles. The van der Waals surface area contributed by atoms with Crippen molar-refractivity contribution in [2.45, 2.75) is 13.8 Å². The molecule has 1 saturated heterocycles. The lowest BCUT2D eigenvalue weighted by Gasteiger charge is -2.33. The van der Waals surface area contributed by atoms with E-state index in [1.54, 1.807) is 18.1 Å². The van der Waals surface area contributed by atoms with Crippen LogP contribution < -0.4 is 15.0 Å². The number of hydrogen-bond donors (Lipinski definition) is 1. The second-order valence-corrected chi connectivity index (χ2v) is 6.62. The molecule has 138 valence electrons. The van der Waals surface area contributed by atoms with E-state index < -0.39 is 0 Å². The van der Waals surface area contributed by atoms with Crippen molar-refractivity contribution in [3.63, 3.8) is 0 Å². The lowest BCUT2D eigenvalue weighted by Crippen LogP contribution is -2.46. The first-order chi connectivity index (χ1) is 12.5. The number of nitrogens with one attached hydrogen (secondary N) is 1. The molecule has 1 aliphatic heterocycles. The Morgan fingerprint density at radius 2 is 1.88 bits per heavy atom. The summed E-state index contributed by atoms with van der Waals surface area (Å²) in [5.74, 6) is 2.85. The monoisotopic (exact) mass is 375 g/mol. The van der Waals surface area contributed by atoms with Gasteiger partial charge in [0.05, 0.1) is 12.8 Å². The number of aryl methyl sites for hydroxylation is 2. The molecule has 8 heteroatoms. The minimum absolute atomic E-state index is 0.651. The van der Waals surface area contributed by atoms with E-state index in [0.717, 1.165) is 36.6 Å². The average Bonchev–Trinajstić information content (AvgIpc) is 2.64. The number of nitrogens with zero attached hydrogens (tertiary/aromatic N) is 4. The smallest absolute Gasteiger partial charge is 0.209 e. The van der Waals surface area contributed by atoms with Gasteiger partial charge in [-0.15, -0.1) is 0 Å². The number of hydrogen-bond acceptors (Lipinski definition) is 6. The molecule has 0 spiro atoms. The molecule has 1 fully saturated rings. The van der Waals surface area contributed by atoms with Gasteiger partial charge in [-0.1, -0.05) is 11.6 Å². The second kappa shape index (κ2) is 7.78. The molecule has 0 unspecified atom stereocenters. The number of amides is 1. The summed E-state index contributed by atoms with van der Waals surface area (Å²) in [5, 5.41) is 3.96. The van der Waals surface area contributed by atoms with Crippen molar-refractivity contribution < 1.29 is 9.53 Å². The molecule has 0 saturated carbocycles. The highest BCUT2D eigenvalue weighted by Crippen LogP contribution is 2.33. The van der Waals surface area contributed by atoms with Crippen molar-refractivity contribution in [2.24, 2.45) is 0 Å². The lowest BCUT2D eigenvalue weighted by molar-refractivity contribution is -0.118. The van der Waals surface area contributed by atoms with E-state index in [2.05, 4.69) is 20.2 Å². The third-order valence-corrected chi connectivity index (χ3v) is 4.76. The number of aromatic nitrogens is 2. The minimum Gasteiger partial charge on any atom is -0.495 e. The van der Waals surface area contributed by atoms with Crippen molar-refractivity contribution in [3.8, 4) is 5.75 Å². The van der Waals surface area contributed by atoms with Crippen LogP contribution in [0.1, 0.15) is 11.4 Å². The van der Waals surface area contributed by atoms with Gasteiger partial charge in [0.2, 0.25) is 6.41 Å². The quantitative estimate of drug-likeness (QED) is 0.810. The molecule has 2 heterocycles. The zero-order chi connectivity index (χ0) is 18.7. The SMILES string of the molecule is COc1cc(Cl)c(C)cc1Nc1cc(N2CCN(C=O)CC2)nc(C)n1. The lowest BCUT2D eigenvalue weighted by atomic mass is 10.2.